The summed E-state index contributed by atoms with van der Waals surface area (Å²) >= 11 is 7.02. The van der Waals surface area contributed by atoms with Crippen LogP contribution in [0, 0.1) is 6.92 Å². The molecule has 0 amide bonds. The van der Waals surface area contributed by atoms with Crippen LogP contribution in [0.15, 0.2) is 16.1 Å². The van der Waals surface area contributed by atoms with E-state index in [1.165, 1.54) is 17.3 Å². The monoisotopic (exact) mass is 298 g/mol. The fourth-order valence-electron chi connectivity index (χ4n) is 1.66. The van der Waals surface area contributed by atoms with Crippen LogP contribution >= 0.6 is 23.4 Å². The molecule has 0 bridgehead atoms. The molecule has 1 aromatic rings. The first-order valence-corrected chi connectivity index (χ1v) is 7.45. The molecular formula is C13H15ClN2O2S. The molecule has 1 saturated carbocycles. The number of nitrogens with zero attached hydrogens (tertiary/aromatic N) is 2. The maximum absolute atomic E-state index is 11.3. The first kappa shape index (κ1) is 14.3. The van der Waals surface area contributed by atoms with E-state index >= 15 is 0 Å². The van der Waals surface area contributed by atoms with Crippen LogP contribution in [0.2, 0.25) is 0 Å². The van der Waals surface area contributed by atoms with Gasteiger partial charge in [-0.15, -0.1) is 11.8 Å². The summed E-state index contributed by atoms with van der Waals surface area (Å²) in [6.07, 6.45) is 2.19. The van der Waals surface area contributed by atoms with Crippen LogP contribution in [0.5, 0.6) is 0 Å². The van der Waals surface area contributed by atoms with E-state index in [1.807, 2.05) is 6.92 Å². The lowest BCUT2D eigenvalue weighted by molar-refractivity contribution is 0.0690. The zero-order valence-corrected chi connectivity index (χ0v) is 12.4. The molecule has 1 fully saturated rings. The quantitative estimate of drug-likeness (QED) is 0.665. The highest BCUT2D eigenvalue weighted by Crippen LogP contribution is 2.39. The van der Waals surface area contributed by atoms with E-state index in [0.29, 0.717) is 22.4 Å². The van der Waals surface area contributed by atoms with Gasteiger partial charge in [-0.05, 0) is 26.7 Å². The lowest BCUT2D eigenvalue weighted by atomic mass is 10.2. The van der Waals surface area contributed by atoms with Crippen molar-refractivity contribution in [1.82, 2.24) is 9.97 Å². The van der Waals surface area contributed by atoms with Gasteiger partial charge in [0, 0.05) is 17.2 Å². The third-order valence-electron chi connectivity index (χ3n) is 2.85. The van der Waals surface area contributed by atoms with Crippen molar-refractivity contribution in [3.05, 3.63) is 28.2 Å². The number of rotatable bonds is 5. The summed E-state index contributed by atoms with van der Waals surface area (Å²) in [5.74, 6) is 0.836. The van der Waals surface area contributed by atoms with Gasteiger partial charge in [-0.1, -0.05) is 17.2 Å². The average Bonchev–Trinajstić information content (AvgIpc) is 3.18. The summed E-state index contributed by atoms with van der Waals surface area (Å²) in [5, 5.41) is 9.82. The summed E-state index contributed by atoms with van der Waals surface area (Å²) in [6.45, 7) is 3.63. The van der Waals surface area contributed by atoms with E-state index in [1.54, 1.807) is 6.92 Å². The van der Waals surface area contributed by atoms with Crippen LogP contribution in [0.3, 0.4) is 0 Å². The Kier molecular flexibility index (Phi) is 4.47. The molecule has 1 aromatic heterocycles. The highest BCUT2D eigenvalue weighted by atomic mass is 35.5. The highest BCUT2D eigenvalue weighted by Gasteiger charge is 2.29. The molecule has 1 heterocycles. The molecular weight excluding hydrogens is 284 g/mol. The molecule has 2 rings (SSSR count). The van der Waals surface area contributed by atoms with Crippen molar-refractivity contribution in [2.75, 3.05) is 5.75 Å². The Morgan fingerprint density at radius 3 is 2.74 bits per heavy atom. The number of carboxylic acids is 1. The van der Waals surface area contributed by atoms with E-state index in [2.05, 4.69) is 9.97 Å². The number of carboxylic acid groups (broad SMARTS) is 1. The van der Waals surface area contributed by atoms with Gasteiger partial charge in [0.15, 0.2) is 0 Å². The van der Waals surface area contributed by atoms with Crippen molar-refractivity contribution in [3.8, 4) is 0 Å². The van der Waals surface area contributed by atoms with Crippen LogP contribution in [0.25, 0.3) is 0 Å². The molecule has 102 valence electrons. The number of aromatic carboxylic acids is 1. The minimum atomic E-state index is -0.977. The number of aromatic nitrogens is 2. The van der Waals surface area contributed by atoms with Gasteiger partial charge in [0.25, 0.3) is 0 Å². The standard InChI is InChI=1S/C13H15ClN2O2S/c1-7(5-14)6-19-12-10(13(17)18)8(2)15-11(16-12)9-3-4-9/h5,9H,3-4,6H2,1-2H3,(H,17,18). The van der Waals surface area contributed by atoms with E-state index in [4.69, 9.17) is 11.6 Å². The van der Waals surface area contributed by atoms with E-state index < -0.39 is 5.97 Å². The van der Waals surface area contributed by atoms with Crippen molar-refractivity contribution in [2.45, 2.75) is 37.6 Å². The summed E-state index contributed by atoms with van der Waals surface area (Å²) in [7, 11) is 0. The van der Waals surface area contributed by atoms with E-state index in [-0.39, 0.29) is 5.56 Å². The second-order valence-electron chi connectivity index (χ2n) is 4.67. The van der Waals surface area contributed by atoms with Crippen molar-refractivity contribution in [2.24, 2.45) is 0 Å². The summed E-state index contributed by atoms with van der Waals surface area (Å²) in [4.78, 5) is 20.1. The number of hydrogen-bond acceptors (Lipinski definition) is 4. The molecule has 0 unspecified atom stereocenters. The Bertz CT molecular complexity index is 542. The first-order valence-electron chi connectivity index (χ1n) is 6.03. The second-order valence-corrected chi connectivity index (χ2v) is 5.85. The largest absolute Gasteiger partial charge is 0.478 e. The fraction of sp³-hybridized carbons (Fsp3) is 0.462. The summed E-state index contributed by atoms with van der Waals surface area (Å²) in [6, 6.07) is 0. The molecule has 1 aliphatic carbocycles. The van der Waals surface area contributed by atoms with Gasteiger partial charge in [-0.2, -0.15) is 0 Å². The molecule has 1 N–H and O–H groups in total. The Hall–Kier alpha value is -1.07. The van der Waals surface area contributed by atoms with Crippen LogP contribution in [0.1, 0.15) is 47.6 Å². The molecule has 0 spiro atoms. The Labute approximate surface area is 121 Å². The van der Waals surface area contributed by atoms with Crippen LogP contribution < -0.4 is 0 Å². The lowest BCUT2D eigenvalue weighted by Gasteiger charge is -2.09. The number of hydrogen-bond donors (Lipinski definition) is 1. The molecule has 4 nitrogen and oxygen atoms in total. The number of aryl methyl sites for hydroxylation is 1. The Morgan fingerprint density at radius 2 is 2.21 bits per heavy atom. The molecule has 0 aromatic carbocycles. The molecule has 19 heavy (non-hydrogen) atoms. The smallest absolute Gasteiger partial charge is 0.340 e. The number of thioether (sulfide) groups is 1. The summed E-state index contributed by atoms with van der Waals surface area (Å²) in [5.41, 5.74) is 3.23. The van der Waals surface area contributed by atoms with Gasteiger partial charge in [-0.3, -0.25) is 0 Å². The van der Waals surface area contributed by atoms with Crippen LogP contribution in [-0.2, 0) is 0 Å². The number of carbonyl (C=O) groups is 1. The van der Waals surface area contributed by atoms with E-state index in [0.717, 1.165) is 24.2 Å². The van der Waals surface area contributed by atoms with Crippen molar-refractivity contribution >= 4 is 29.3 Å². The first-order chi connectivity index (χ1) is 9.02. The second kappa shape index (κ2) is 5.92. The zero-order valence-electron chi connectivity index (χ0n) is 10.8. The molecule has 0 aliphatic heterocycles. The van der Waals surface area contributed by atoms with Crippen molar-refractivity contribution < 1.29 is 9.90 Å². The molecule has 0 saturated heterocycles. The molecule has 6 heteroatoms. The molecule has 1 aliphatic rings. The Morgan fingerprint density at radius 1 is 1.53 bits per heavy atom. The predicted molar refractivity (Wildman–Crippen MR) is 76.0 cm³/mol. The fourth-order valence-corrected chi connectivity index (χ4v) is 2.81. The third kappa shape index (κ3) is 3.48. The third-order valence-corrected chi connectivity index (χ3v) is 4.39. The lowest BCUT2D eigenvalue weighted by Crippen LogP contribution is -2.09. The minimum Gasteiger partial charge on any atom is -0.478 e. The molecule has 0 atom stereocenters. The van der Waals surface area contributed by atoms with Gasteiger partial charge < -0.3 is 5.11 Å². The average molecular weight is 299 g/mol. The topological polar surface area (TPSA) is 63.1 Å². The summed E-state index contributed by atoms with van der Waals surface area (Å²) < 4.78 is 0. The Balaban J connectivity index is 2.33. The van der Waals surface area contributed by atoms with Gasteiger partial charge in [0.2, 0.25) is 0 Å². The van der Waals surface area contributed by atoms with Crippen LogP contribution in [0.4, 0.5) is 0 Å². The maximum Gasteiger partial charge on any atom is 0.340 e. The van der Waals surface area contributed by atoms with Crippen LogP contribution in [-0.4, -0.2) is 26.8 Å². The zero-order chi connectivity index (χ0) is 14.0. The van der Waals surface area contributed by atoms with Crippen molar-refractivity contribution in [3.63, 3.8) is 0 Å². The van der Waals surface area contributed by atoms with E-state index in [9.17, 15) is 9.90 Å². The SMILES string of the molecule is CC(=CCl)CSc1nc(C2CC2)nc(C)c1C(=O)O. The maximum atomic E-state index is 11.3. The normalized spacial score (nSPS) is 15.6. The van der Waals surface area contributed by atoms with Gasteiger partial charge in [0.1, 0.15) is 16.4 Å². The van der Waals surface area contributed by atoms with Gasteiger partial charge >= 0.3 is 5.97 Å². The number of halogens is 1. The highest BCUT2D eigenvalue weighted by molar-refractivity contribution is 7.99. The minimum absolute atomic E-state index is 0.205. The van der Waals surface area contributed by atoms with Gasteiger partial charge in [0.05, 0.1) is 5.69 Å². The van der Waals surface area contributed by atoms with Gasteiger partial charge in [-0.25, -0.2) is 14.8 Å². The van der Waals surface area contributed by atoms with Crippen molar-refractivity contribution in [1.29, 1.82) is 0 Å². The predicted octanol–water partition coefficient (Wildman–Crippen LogP) is 3.60. The molecule has 0 radical (unpaired) electrons.